The highest BCUT2D eigenvalue weighted by Crippen LogP contribution is 2.43. The lowest BCUT2D eigenvalue weighted by molar-refractivity contribution is 0.611. The van der Waals surface area contributed by atoms with E-state index < -0.39 is 0 Å². The van der Waals surface area contributed by atoms with Crippen molar-refractivity contribution in [3.8, 4) is 0 Å². The lowest BCUT2D eigenvalue weighted by atomic mass is 10.0. The molecular weight excluding hydrogens is 281 g/mol. The van der Waals surface area contributed by atoms with Crippen LogP contribution < -0.4 is 16.2 Å². The molecule has 116 valence electrons. The predicted octanol–water partition coefficient (Wildman–Crippen LogP) is 2.16. The summed E-state index contributed by atoms with van der Waals surface area (Å²) in [7, 11) is 0. The molecule has 1 atom stereocenters. The molecule has 1 saturated heterocycles. The summed E-state index contributed by atoms with van der Waals surface area (Å²) in [6.45, 7) is 3.36. The van der Waals surface area contributed by atoms with E-state index in [-0.39, 0.29) is 17.4 Å². The van der Waals surface area contributed by atoms with Crippen molar-refractivity contribution < 1.29 is 4.39 Å². The van der Waals surface area contributed by atoms with Crippen LogP contribution in [0.15, 0.2) is 23.1 Å². The Bertz CT molecular complexity index is 810. The Balaban J connectivity index is 1.98. The van der Waals surface area contributed by atoms with E-state index in [9.17, 15) is 9.18 Å². The molecule has 22 heavy (non-hydrogen) atoms. The molecular formula is C17H20FN3O. The van der Waals surface area contributed by atoms with Gasteiger partial charge in [-0.3, -0.25) is 9.20 Å². The Labute approximate surface area is 128 Å². The zero-order chi connectivity index (χ0) is 15.4. The lowest BCUT2D eigenvalue weighted by Gasteiger charge is -2.23. The van der Waals surface area contributed by atoms with Crippen molar-refractivity contribution in [1.29, 1.82) is 0 Å². The number of hydrogen-bond donors (Lipinski definition) is 1. The monoisotopic (exact) mass is 301 g/mol. The van der Waals surface area contributed by atoms with E-state index in [1.54, 1.807) is 6.07 Å². The van der Waals surface area contributed by atoms with Crippen LogP contribution >= 0.6 is 0 Å². The SMILES string of the molecule is Cc1c(N2CCC(N)C2)c(F)cn2c(=O)ccc(C3CC3)c12. The van der Waals surface area contributed by atoms with E-state index in [2.05, 4.69) is 0 Å². The fourth-order valence-electron chi connectivity index (χ4n) is 3.66. The van der Waals surface area contributed by atoms with Crippen molar-refractivity contribution in [3.63, 3.8) is 0 Å². The van der Waals surface area contributed by atoms with Gasteiger partial charge in [0.1, 0.15) is 0 Å². The molecule has 1 unspecified atom stereocenters. The predicted molar refractivity (Wildman–Crippen MR) is 85.1 cm³/mol. The van der Waals surface area contributed by atoms with E-state index in [1.807, 2.05) is 17.9 Å². The summed E-state index contributed by atoms with van der Waals surface area (Å²) in [4.78, 5) is 14.1. The second-order valence-corrected chi connectivity index (χ2v) is 6.57. The molecule has 0 spiro atoms. The highest BCUT2D eigenvalue weighted by molar-refractivity contribution is 5.73. The van der Waals surface area contributed by atoms with Crippen molar-refractivity contribution >= 4 is 11.2 Å². The van der Waals surface area contributed by atoms with Crippen molar-refractivity contribution in [1.82, 2.24) is 4.40 Å². The zero-order valence-electron chi connectivity index (χ0n) is 12.7. The topological polar surface area (TPSA) is 50.7 Å². The maximum Gasteiger partial charge on any atom is 0.255 e. The number of aromatic nitrogens is 1. The van der Waals surface area contributed by atoms with Crippen molar-refractivity contribution in [2.75, 3.05) is 18.0 Å². The van der Waals surface area contributed by atoms with Gasteiger partial charge in [0, 0.05) is 25.2 Å². The smallest absolute Gasteiger partial charge is 0.255 e. The van der Waals surface area contributed by atoms with Crippen molar-refractivity contribution in [3.05, 3.63) is 45.6 Å². The third-order valence-electron chi connectivity index (χ3n) is 4.89. The molecule has 0 amide bonds. The first-order valence-electron chi connectivity index (χ1n) is 7.91. The van der Waals surface area contributed by atoms with Crippen LogP contribution in [0.1, 0.15) is 36.3 Å². The van der Waals surface area contributed by atoms with Gasteiger partial charge in [-0.1, -0.05) is 6.07 Å². The number of pyridine rings is 2. The van der Waals surface area contributed by atoms with Crippen LogP contribution in [0.4, 0.5) is 10.1 Å². The molecule has 0 radical (unpaired) electrons. The van der Waals surface area contributed by atoms with Gasteiger partial charge in [-0.15, -0.1) is 0 Å². The second-order valence-electron chi connectivity index (χ2n) is 6.57. The summed E-state index contributed by atoms with van der Waals surface area (Å²) in [6.07, 6.45) is 4.51. The minimum Gasteiger partial charge on any atom is -0.367 e. The summed E-state index contributed by atoms with van der Waals surface area (Å²) in [5.41, 5.74) is 9.31. The van der Waals surface area contributed by atoms with Gasteiger partial charge in [-0.05, 0) is 43.2 Å². The number of nitrogens with zero attached hydrogens (tertiary/aromatic N) is 2. The maximum absolute atomic E-state index is 14.6. The Kier molecular flexibility index (Phi) is 3.01. The van der Waals surface area contributed by atoms with Gasteiger partial charge >= 0.3 is 0 Å². The van der Waals surface area contributed by atoms with E-state index in [0.29, 0.717) is 18.2 Å². The Hall–Kier alpha value is -1.88. The van der Waals surface area contributed by atoms with Crippen LogP contribution in [0.5, 0.6) is 0 Å². The van der Waals surface area contributed by atoms with Gasteiger partial charge in [0.25, 0.3) is 5.56 Å². The van der Waals surface area contributed by atoms with Gasteiger partial charge in [-0.25, -0.2) is 4.39 Å². The molecule has 2 aromatic rings. The Morgan fingerprint density at radius 2 is 2.05 bits per heavy atom. The quantitative estimate of drug-likeness (QED) is 0.925. The first-order chi connectivity index (χ1) is 10.6. The fraction of sp³-hybridized carbons (Fsp3) is 0.471. The third-order valence-corrected chi connectivity index (χ3v) is 4.89. The minimum atomic E-state index is -0.339. The lowest BCUT2D eigenvalue weighted by Crippen LogP contribution is -2.28. The number of rotatable bonds is 2. The maximum atomic E-state index is 14.6. The summed E-state index contributed by atoms with van der Waals surface area (Å²) < 4.78 is 16.1. The van der Waals surface area contributed by atoms with Crippen LogP contribution in [0.25, 0.3) is 5.52 Å². The fourth-order valence-corrected chi connectivity index (χ4v) is 3.66. The zero-order valence-corrected chi connectivity index (χ0v) is 12.7. The molecule has 2 aromatic heterocycles. The Morgan fingerprint density at radius 3 is 2.68 bits per heavy atom. The van der Waals surface area contributed by atoms with Crippen molar-refractivity contribution in [2.24, 2.45) is 5.73 Å². The summed E-state index contributed by atoms with van der Waals surface area (Å²) in [6, 6.07) is 3.56. The van der Waals surface area contributed by atoms with E-state index in [4.69, 9.17) is 5.73 Å². The van der Waals surface area contributed by atoms with E-state index >= 15 is 0 Å². The number of halogens is 1. The molecule has 4 nitrogen and oxygen atoms in total. The van der Waals surface area contributed by atoms with Gasteiger partial charge in [0.2, 0.25) is 0 Å². The van der Waals surface area contributed by atoms with E-state index in [0.717, 1.165) is 36.9 Å². The van der Waals surface area contributed by atoms with Crippen LogP contribution in [0, 0.1) is 12.7 Å². The molecule has 4 rings (SSSR count). The average molecular weight is 301 g/mol. The number of nitrogens with two attached hydrogens (primary N) is 1. The normalized spacial score (nSPS) is 21.8. The molecule has 0 bridgehead atoms. The van der Waals surface area contributed by atoms with Gasteiger partial charge in [0.15, 0.2) is 5.82 Å². The van der Waals surface area contributed by atoms with Gasteiger partial charge in [-0.2, -0.15) is 0 Å². The summed E-state index contributed by atoms with van der Waals surface area (Å²) in [5.74, 6) is 0.169. The van der Waals surface area contributed by atoms with Crippen LogP contribution in [-0.2, 0) is 0 Å². The number of anilines is 1. The highest BCUT2D eigenvalue weighted by atomic mass is 19.1. The first-order valence-corrected chi connectivity index (χ1v) is 7.91. The molecule has 2 fully saturated rings. The largest absolute Gasteiger partial charge is 0.367 e. The molecule has 1 aliphatic heterocycles. The minimum absolute atomic E-state index is 0.0934. The van der Waals surface area contributed by atoms with E-state index in [1.165, 1.54) is 16.2 Å². The molecule has 2 N–H and O–H groups in total. The third kappa shape index (κ3) is 2.03. The number of hydrogen-bond acceptors (Lipinski definition) is 3. The first kappa shape index (κ1) is 13.8. The number of fused-ring (bicyclic) bond motifs is 1. The van der Waals surface area contributed by atoms with Crippen LogP contribution in [-0.4, -0.2) is 23.5 Å². The molecule has 2 aliphatic rings. The highest BCUT2D eigenvalue weighted by Gasteiger charge is 2.29. The molecule has 1 aliphatic carbocycles. The summed E-state index contributed by atoms with van der Waals surface area (Å²) in [5, 5.41) is 0. The number of aryl methyl sites for hydroxylation is 1. The summed E-state index contributed by atoms with van der Waals surface area (Å²) >= 11 is 0. The molecule has 0 aromatic carbocycles. The van der Waals surface area contributed by atoms with Gasteiger partial charge in [0.05, 0.1) is 17.4 Å². The second kappa shape index (κ2) is 4.81. The molecule has 5 heteroatoms. The van der Waals surface area contributed by atoms with Crippen LogP contribution in [0.2, 0.25) is 0 Å². The van der Waals surface area contributed by atoms with Crippen molar-refractivity contribution in [2.45, 2.75) is 38.1 Å². The van der Waals surface area contributed by atoms with Crippen LogP contribution in [0.3, 0.4) is 0 Å². The molecule has 3 heterocycles. The Morgan fingerprint density at radius 1 is 1.27 bits per heavy atom. The van der Waals surface area contributed by atoms with Gasteiger partial charge < -0.3 is 10.6 Å². The molecule has 1 saturated carbocycles. The standard InChI is InChI=1S/C17H20FN3O/c1-10-16-13(11-2-3-11)4-5-15(22)21(16)9-14(18)17(10)20-7-6-12(19)8-20/h4-5,9,11-12H,2-3,6-8,19H2,1H3. The average Bonchev–Trinajstić information content (AvgIpc) is 3.23.